The second kappa shape index (κ2) is 8.31. The number of benzene rings is 1. The zero-order valence-electron chi connectivity index (χ0n) is 17.0. The van der Waals surface area contributed by atoms with Crippen LogP contribution in [0.2, 0.25) is 0 Å². The molecule has 2 aromatic heterocycles. The molecule has 0 aliphatic carbocycles. The second-order valence-electron chi connectivity index (χ2n) is 7.00. The zero-order chi connectivity index (χ0) is 21.3. The Morgan fingerprint density at radius 2 is 2.03 bits per heavy atom. The van der Waals surface area contributed by atoms with Gasteiger partial charge in [-0.2, -0.15) is 0 Å². The van der Waals surface area contributed by atoms with E-state index in [1.165, 1.54) is 12.3 Å². The molecule has 1 unspecified atom stereocenters. The van der Waals surface area contributed by atoms with Crippen molar-refractivity contribution in [2.24, 2.45) is 4.99 Å². The first-order chi connectivity index (χ1) is 14.4. The standard InChI is InChI=1S/C21H23N3O4S2/c1-4-16-12-23-21(29-16)17-9-13-8-15(10-18(27-5-2)20(13)24-17)28-14-6-7-19(22-11-14)30(3,25)26/h6-11,16,24H,4-5,12H2,1-3H3. The van der Waals surface area contributed by atoms with Crippen molar-refractivity contribution in [3.05, 3.63) is 42.2 Å². The Balaban J connectivity index is 1.65. The molecule has 1 aliphatic heterocycles. The number of nitrogens with one attached hydrogen (secondary N) is 1. The molecule has 0 spiro atoms. The minimum absolute atomic E-state index is 0.0100. The molecule has 1 aliphatic rings. The maximum Gasteiger partial charge on any atom is 0.192 e. The molecule has 158 valence electrons. The first-order valence-electron chi connectivity index (χ1n) is 9.72. The van der Waals surface area contributed by atoms with Crippen LogP contribution in [0.5, 0.6) is 17.2 Å². The molecule has 0 fully saturated rings. The lowest BCUT2D eigenvalue weighted by Crippen LogP contribution is -2.00. The number of fused-ring (bicyclic) bond motifs is 1. The number of rotatable bonds is 7. The van der Waals surface area contributed by atoms with Gasteiger partial charge in [-0.25, -0.2) is 13.4 Å². The van der Waals surface area contributed by atoms with E-state index >= 15 is 0 Å². The van der Waals surface area contributed by atoms with Gasteiger partial charge in [0.1, 0.15) is 22.3 Å². The lowest BCUT2D eigenvalue weighted by molar-refractivity contribution is 0.341. The Bertz CT molecular complexity index is 1200. The third-order valence-corrected chi connectivity index (χ3v) is 7.08. The fraction of sp³-hybridized carbons (Fsp3) is 0.333. The maximum absolute atomic E-state index is 11.6. The largest absolute Gasteiger partial charge is 0.492 e. The maximum atomic E-state index is 11.6. The average Bonchev–Trinajstić information content (AvgIpc) is 3.35. The fourth-order valence-corrected chi connectivity index (χ4v) is 4.77. The Labute approximate surface area is 179 Å². The van der Waals surface area contributed by atoms with E-state index < -0.39 is 9.84 Å². The number of aromatic nitrogens is 2. The quantitative estimate of drug-likeness (QED) is 0.578. The van der Waals surface area contributed by atoms with Gasteiger partial charge >= 0.3 is 0 Å². The van der Waals surface area contributed by atoms with E-state index in [9.17, 15) is 8.42 Å². The van der Waals surface area contributed by atoms with Crippen LogP contribution in [0.1, 0.15) is 26.0 Å². The van der Waals surface area contributed by atoms with E-state index in [1.54, 1.807) is 17.8 Å². The number of H-pyrrole nitrogens is 1. The number of hydrogen-bond donors (Lipinski definition) is 1. The molecule has 0 bridgehead atoms. The van der Waals surface area contributed by atoms with Crippen molar-refractivity contribution in [3.63, 3.8) is 0 Å². The highest BCUT2D eigenvalue weighted by Gasteiger charge is 2.21. The molecule has 0 radical (unpaired) electrons. The molecule has 0 saturated heterocycles. The number of aromatic amines is 1. The Morgan fingerprint density at radius 3 is 2.67 bits per heavy atom. The SMILES string of the molecule is CCOc1cc(Oc2ccc(S(C)(=O)=O)nc2)cc2cc(C3=NCC(CC)S3)[nH]c12. The summed E-state index contributed by atoms with van der Waals surface area (Å²) < 4.78 is 34.9. The summed E-state index contributed by atoms with van der Waals surface area (Å²) in [6, 6.07) is 8.81. The molecule has 1 aromatic carbocycles. The van der Waals surface area contributed by atoms with Crippen molar-refractivity contribution in [2.75, 3.05) is 19.4 Å². The number of sulfone groups is 1. The van der Waals surface area contributed by atoms with Crippen LogP contribution in [0.4, 0.5) is 0 Å². The first kappa shape index (κ1) is 20.7. The van der Waals surface area contributed by atoms with Crippen LogP contribution in [-0.2, 0) is 9.84 Å². The highest BCUT2D eigenvalue weighted by Crippen LogP contribution is 2.36. The molecule has 1 N–H and O–H groups in total. The molecular weight excluding hydrogens is 422 g/mol. The van der Waals surface area contributed by atoms with Crippen LogP contribution in [-0.4, -0.2) is 48.1 Å². The summed E-state index contributed by atoms with van der Waals surface area (Å²) in [6.45, 7) is 5.47. The monoisotopic (exact) mass is 445 g/mol. The van der Waals surface area contributed by atoms with Crippen LogP contribution in [0, 0.1) is 0 Å². The Morgan fingerprint density at radius 1 is 1.20 bits per heavy atom. The molecule has 4 rings (SSSR count). The van der Waals surface area contributed by atoms with Crippen molar-refractivity contribution >= 4 is 37.5 Å². The van der Waals surface area contributed by atoms with Gasteiger partial charge in [-0.1, -0.05) is 18.7 Å². The van der Waals surface area contributed by atoms with Gasteiger partial charge in [-0.05, 0) is 37.6 Å². The van der Waals surface area contributed by atoms with E-state index in [4.69, 9.17) is 9.47 Å². The van der Waals surface area contributed by atoms with Gasteiger partial charge in [0.25, 0.3) is 0 Å². The Kier molecular flexibility index (Phi) is 5.75. The number of pyridine rings is 1. The normalized spacial score (nSPS) is 16.6. The summed E-state index contributed by atoms with van der Waals surface area (Å²) in [6.07, 6.45) is 3.61. The summed E-state index contributed by atoms with van der Waals surface area (Å²) in [4.78, 5) is 12.1. The molecular formula is C21H23N3O4S2. The van der Waals surface area contributed by atoms with Crippen molar-refractivity contribution < 1.29 is 17.9 Å². The summed E-state index contributed by atoms with van der Waals surface area (Å²) in [5, 5.41) is 2.51. The molecule has 0 amide bonds. The lowest BCUT2D eigenvalue weighted by atomic mass is 10.2. The molecule has 0 saturated carbocycles. The van der Waals surface area contributed by atoms with Crippen molar-refractivity contribution in [1.82, 2.24) is 9.97 Å². The highest BCUT2D eigenvalue weighted by atomic mass is 32.2. The van der Waals surface area contributed by atoms with Gasteiger partial charge in [0.05, 0.1) is 30.6 Å². The predicted molar refractivity (Wildman–Crippen MR) is 120 cm³/mol. The molecule has 3 heterocycles. The van der Waals surface area contributed by atoms with Gasteiger partial charge < -0.3 is 14.5 Å². The molecule has 3 aromatic rings. The zero-order valence-corrected chi connectivity index (χ0v) is 18.6. The number of hydrogen-bond acceptors (Lipinski definition) is 7. The lowest BCUT2D eigenvalue weighted by Gasteiger charge is -2.10. The van der Waals surface area contributed by atoms with Crippen LogP contribution in [0.3, 0.4) is 0 Å². The Hall–Kier alpha value is -2.52. The number of ether oxygens (including phenoxy) is 2. The van der Waals surface area contributed by atoms with Crippen LogP contribution in [0.25, 0.3) is 10.9 Å². The van der Waals surface area contributed by atoms with Gasteiger partial charge in [-0.15, -0.1) is 0 Å². The smallest absolute Gasteiger partial charge is 0.192 e. The van der Waals surface area contributed by atoms with Crippen LogP contribution < -0.4 is 9.47 Å². The summed E-state index contributed by atoms with van der Waals surface area (Å²) in [5.74, 6) is 1.71. The van der Waals surface area contributed by atoms with Gasteiger partial charge in [0.15, 0.2) is 14.9 Å². The van der Waals surface area contributed by atoms with Crippen molar-refractivity contribution in [2.45, 2.75) is 30.5 Å². The molecule has 30 heavy (non-hydrogen) atoms. The van der Waals surface area contributed by atoms with E-state index in [0.717, 1.165) is 40.9 Å². The predicted octanol–water partition coefficient (Wildman–Crippen LogP) is 4.43. The number of nitrogens with zero attached hydrogens (tertiary/aromatic N) is 2. The first-order valence-corrected chi connectivity index (χ1v) is 12.5. The highest BCUT2D eigenvalue weighted by molar-refractivity contribution is 8.15. The van der Waals surface area contributed by atoms with E-state index in [0.29, 0.717) is 29.1 Å². The topological polar surface area (TPSA) is 93.6 Å². The summed E-state index contributed by atoms with van der Waals surface area (Å²) >= 11 is 1.80. The second-order valence-corrected chi connectivity index (χ2v) is 10.3. The number of aliphatic imine (C=N–C) groups is 1. The van der Waals surface area contributed by atoms with Gasteiger partial charge in [0, 0.05) is 23.0 Å². The number of thioether (sulfide) groups is 1. The van der Waals surface area contributed by atoms with E-state index in [1.807, 2.05) is 19.1 Å². The van der Waals surface area contributed by atoms with Crippen molar-refractivity contribution in [1.29, 1.82) is 0 Å². The van der Waals surface area contributed by atoms with E-state index in [2.05, 4.69) is 28.0 Å². The van der Waals surface area contributed by atoms with Crippen molar-refractivity contribution in [3.8, 4) is 17.2 Å². The van der Waals surface area contributed by atoms with Crippen LogP contribution in [0.15, 0.2) is 46.5 Å². The fourth-order valence-electron chi connectivity index (χ4n) is 3.19. The van der Waals surface area contributed by atoms with Gasteiger partial charge in [0.2, 0.25) is 0 Å². The van der Waals surface area contributed by atoms with E-state index in [-0.39, 0.29) is 5.03 Å². The molecule has 1 atom stereocenters. The van der Waals surface area contributed by atoms with Crippen LogP contribution >= 0.6 is 11.8 Å². The summed E-state index contributed by atoms with van der Waals surface area (Å²) in [5.41, 5.74) is 1.87. The minimum atomic E-state index is -3.35. The third kappa shape index (κ3) is 4.32. The molecule has 9 heteroatoms. The average molecular weight is 446 g/mol. The third-order valence-electron chi connectivity index (χ3n) is 4.69. The minimum Gasteiger partial charge on any atom is -0.492 e. The summed E-state index contributed by atoms with van der Waals surface area (Å²) in [7, 11) is -3.35. The van der Waals surface area contributed by atoms with Gasteiger partial charge in [-0.3, -0.25) is 4.99 Å². The molecule has 7 nitrogen and oxygen atoms in total.